The van der Waals surface area contributed by atoms with E-state index < -0.39 is 0 Å². The number of aromatic amines is 1. The highest BCUT2D eigenvalue weighted by atomic mass is 32.1. The maximum Gasteiger partial charge on any atom is 0.253 e. The van der Waals surface area contributed by atoms with Crippen LogP contribution < -0.4 is 10.9 Å². The van der Waals surface area contributed by atoms with Gasteiger partial charge in [-0.3, -0.25) is 4.79 Å². The van der Waals surface area contributed by atoms with Crippen LogP contribution in [0.1, 0.15) is 29.5 Å². The highest BCUT2D eigenvalue weighted by Gasteiger charge is 2.13. The Morgan fingerprint density at radius 1 is 1.30 bits per heavy atom. The average Bonchev–Trinajstić information content (AvgIpc) is 2.63. The van der Waals surface area contributed by atoms with Gasteiger partial charge in [-0.15, -0.1) is 0 Å². The van der Waals surface area contributed by atoms with Gasteiger partial charge < -0.3 is 25.0 Å². The molecule has 0 aliphatic carbocycles. The zero-order valence-electron chi connectivity index (χ0n) is 16.3. The van der Waals surface area contributed by atoms with E-state index in [9.17, 15) is 9.90 Å². The second-order valence-electron chi connectivity index (χ2n) is 6.75. The van der Waals surface area contributed by atoms with Crippen molar-refractivity contribution in [2.45, 2.75) is 33.2 Å². The molecular formula is C20H29N3O3S. The van der Waals surface area contributed by atoms with Crippen LogP contribution >= 0.6 is 12.2 Å². The molecule has 0 spiro atoms. The number of ether oxygens (including phenoxy) is 1. The molecule has 0 unspecified atom stereocenters. The maximum absolute atomic E-state index is 12.6. The molecule has 0 amide bonds. The zero-order valence-corrected chi connectivity index (χ0v) is 17.1. The molecule has 1 aromatic heterocycles. The normalized spacial score (nSPS) is 11.0. The highest BCUT2D eigenvalue weighted by Crippen LogP contribution is 2.18. The summed E-state index contributed by atoms with van der Waals surface area (Å²) in [5.41, 5.74) is 3.64. The van der Waals surface area contributed by atoms with Crippen LogP contribution in [0.15, 0.2) is 23.0 Å². The van der Waals surface area contributed by atoms with E-state index in [2.05, 4.69) is 22.4 Å². The third-order valence-corrected chi connectivity index (χ3v) is 4.81. The molecule has 2 aromatic rings. The van der Waals surface area contributed by atoms with Gasteiger partial charge in [-0.1, -0.05) is 11.6 Å². The topological polar surface area (TPSA) is 77.6 Å². The molecule has 2 rings (SSSR count). The molecule has 27 heavy (non-hydrogen) atoms. The van der Waals surface area contributed by atoms with Crippen LogP contribution in [0.3, 0.4) is 0 Å². The average molecular weight is 392 g/mol. The Hall–Kier alpha value is -1.96. The number of aromatic nitrogens is 1. The Kier molecular flexibility index (Phi) is 8.22. The van der Waals surface area contributed by atoms with Crippen LogP contribution in [0.2, 0.25) is 0 Å². The molecule has 0 saturated heterocycles. The zero-order chi connectivity index (χ0) is 19.8. The quantitative estimate of drug-likeness (QED) is 0.450. The van der Waals surface area contributed by atoms with E-state index in [1.165, 1.54) is 0 Å². The number of H-pyrrole nitrogens is 1. The van der Waals surface area contributed by atoms with Crippen LogP contribution in [-0.2, 0) is 11.3 Å². The molecule has 0 bridgehead atoms. The molecule has 148 valence electrons. The molecule has 0 radical (unpaired) electrons. The fourth-order valence-electron chi connectivity index (χ4n) is 3.09. The summed E-state index contributed by atoms with van der Waals surface area (Å²) in [7, 11) is 1.67. The van der Waals surface area contributed by atoms with Crippen molar-refractivity contribution in [1.29, 1.82) is 0 Å². The van der Waals surface area contributed by atoms with Gasteiger partial charge >= 0.3 is 0 Å². The second-order valence-corrected chi connectivity index (χ2v) is 7.13. The van der Waals surface area contributed by atoms with E-state index >= 15 is 0 Å². The summed E-state index contributed by atoms with van der Waals surface area (Å²) in [6, 6.07) is 6.07. The van der Waals surface area contributed by atoms with Crippen molar-refractivity contribution in [3.8, 4) is 0 Å². The maximum atomic E-state index is 12.6. The Labute approximate surface area is 165 Å². The van der Waals surface area contributed by atoms with Crippen LogP contribution in [0.5, 0.6) is 0 Å². The first-order valence-corrected chi connectivity index (χ1v) is 9.62. The predicted octanol–water partition coefficient (Wildman–Crippen LogP) is 2.24. The number of fused-ring (bicyclic) bond motifs is 1. The predicted molar refractivity (Wildman–Crippen MR) is 113 cm³/mol. The van der Waals surface area contributed by atoms with Gasteiger partial charge in [0.05, 0.1) is 12.1 Å². The lowest BCUT2D eigenvalue weighted by molar-refractivity contribution is 0.195. The molecule has 6 nitrogen and oxygen atoms in total. The third kappa shape index (κ3) is 6.02. The van der Waals surface area contributed by atoms with E-state index in [-0.39, 0.29) is 12.2 Å². The van der Waals surface area contributed by atoms with Gasteiger partial charge in [0.1, 0.15) is 0 Å². The number of rotatable bonds is 9. The van der Waals surface area contributed by atoms with Crippen molar-refractivity contribution >= 4 is 28.2 Å². The van der Waals surface area contributed by atoms with E-state index in [1.54, 1.807) is 7.11 Å². The molecule has 1 heterocycles. The Morgan fingerprint density at radius 2 is 2.07 bits per heavy atom. The summed E-state index contributed by atoms with van der Waals surface area (Å²) in [5, 5.41) is 14.0. The Bertz CT molecular complexity index is 835. The van der Waals surface area contributed by atoms with Crippen LogP contribution in [0.4, 0.5) is 0 Å². The third-order valence-electron chi connectivity index (χ3n) is 4.41. The number of benzene rings is 1. The largest absolute Gasteiger partial charge is 0.396 e. The minimum absolute atomic E-state index is 0.0786. The van der Waals surface area contributed by atoms with E-state index in [4.69, 9.17) is 17.0 Å². The number of nitrogens with one attached hydrogen (secondary N) is 2. The summed E-state index contributed by atoms with van der Waals surface area (Å²) in [6.07, 6.45) is 1.43. The van der Waals surface area contributed by atoms with Gasteiger partial charge in [0.15, 0.2) is 5.11 Å². The fraction of sp³-hybridized carbons (Fsp3) is 0.500. The summed E-state index contributed by atoms with van der Waals surface area (Å²) in [4.78, 5) is 17.5. The first kappa shape index (κ1) is 21.3. The van der Waals surface area contributed by atoms with Crippen molar-refractivity contribution in [1.82, 2.24) is 15.2 Å². The fourth-order valence-corrected chi connectivity index (χ4v) is 3.35. The molecule has 0 fully saturated rings. The van der Waals surface area contributed by atoms with Gasteiger partial charge in [0, 0.05) is 39.0 Å². The minimum Gasteiger partial charge on any atom is -0.396 e. The monoisotopic (exact) mass is 391 g/mol. The van der Waals surface area contributed by atoms with Gasteiger partial charge in [0.2, 0.25) is 0 Å². The summed E-state index contributed by atoms with van der Waals surface area (Å²) < 4.78 is 5.05. The van der Waals surface area contributed by atoms with Gasteiger partial charge in [0.25, 0.3) is 5.56 Å². The summed E-state index contributed by atoms with van der Waals surface area (Å²) >= 11 is 5.50. The number of hydrogen-bond donors (Lipinski definition) is 3. The van der Waals surface area contributed by atoms with E-state index in [0.717, 1.165) is 28.5 Å². The smallest absolute Gasteiger partial charge is 0.253 e. The molecule has 0 atom stereocenters. The lowest BCUT2D eigenvalue weighted by Gasteiger charge is -2.25. The van der Waals surface area contributed by atoms with Gasteiger partial charge in [-0.05, 0) is 62.0 Å². The second kappa shape index (κ2) is 10.4. The number of nitrogens with zero attached hydrogens (tertiary/aromatic N) is 1. The lowest BCUT2D eigenvalue weighted by Crippen LogP contribution is -2.41. The van der Waals surface area contributed by atoms with E-state index in [1.807, 2.05) is 24.8 Å². The first-order chi connectivity index (χ1) is 13.0. The number of aryl methyl sites for hydroxylation is 2. The molecule has 0 aliphatic heterocycles. The molecule has 7 heteroatoms. The summed E-state index contributed by atoms with van der Waals surface area (Å²) in [6.45, 7) is 6.46. The number of pyridine rings is 1. The minimum atomic E-state index is -0.106. The van der Waals surface area contributed by atoms with Crippen LogP contribution in [0, 0.1) is 13.8 Å². The van der Waals surface area contributed by atoms with Gasteiger partial charge in [-0.25, -0.2) is 0 Å². The molecule has 0 aliphatic rings. The number of hydrogen-bond acceptors (Lipinski definition) is 4. The van der Waals surface area contributed by atoms with Crippen molar-refractivity contribution in [3.63, 3.8) is 0 Å². The van der Waals surface area contributed by atoms with Crippen LogP contribution in [-0.4, -0.2) is 53.5 Å². The lowest BCUT2D eigenvalue weighted by atomic mass is 10.1. The van der Waals surface area contributed by atoms with Crippen molar-refractivity contribution < 1.29 is 9.84 Å². The Balaban J connectivity index is 2.21. The molecule has 1 aromatic carbocycles. The SMILES string of the molecule is COCCCNC(=S)N(CCCO)Cc1cc2cc(C)cc(C)c2[nH]c1=O. The molecule has 0 saturated carbocycles. The van der Waals surface area contributed by atoms with Crippen LogP contribution in [0.25, 0.3) is 10.9 Å². The van der Waals surface area contributed by atoms with E-state index in [0.29, 0.717) is 43.3 Å². The number of thiocarbonyl (C=S) groups is 1. The molecular weight excluding hydrogens is 362 g/mol. The molecule has 3 N–H and O–H groups in total. The number of aliphatic hydroxyl groups excluding tert-OH is 1. The van der Waals surface area contributed by atoms with Crippen molar-refractivity contribution in [2.24, 2.45) is 0 Å². The van der Waals surface area contributed by atoms with Gasteiger partial charge in [-0.2, -0.15) is 0 Å². The Morgan fingerprint density at radius 3 is 2.78 bits per heavy atom. The van der Waals surface area contributed by atoms with Crippen molar-refractivity contribution in [2.75, 3.05) is 33.4 Å². The standard InChI is InChI=1S/C20H29N3O3S/c1-14-10-15(2)18-16(11-14)12-17(19(25)22-18)13-23(7-5-8-24)20(27)21-6-4-9-26-3/h10-12,24H,4-9,13H2,1-3H3,(H,21,27)(H,22,25). The van der Waals surface area contributed by atoms with Crippen molar-refractivity contribution in [3.05, 3.63) is 45.2 Å². The number of methoxy groups -OCH3 is 1. The first-order valence-electron chi connectivity index (χ1n) is 9.22. The highest BCUT2D eigenvalue weighted by molar-refractivity contribution is 7.80. The summed E-state index contributed by atoms with van der Waals surface area (Å²) in [5.74, 6) is 0. The number of aliphatic hydroxyl groups is 1.